The monoisotopic (exact) mass is 511 g/mol. The van der Waals surface area contributed by atoms with Crippen LogP contribution in [0.15, 0.2) is 77.3 Å². The first-order chi connectivity index (χ1) is 15.7. The van der Waals surface area contributed by atoms with Crippen molar-refractivity contribution in [3.63, 3.8) is 0 Å². The lowest BCUT2D eigenvalue weighted by Gasteiger charge is -2.35. The van der Waals surface area contributed by atoms with Gasteiger partial charge in [0, 0.05) is 32.6 Å². The molecule has 1 atom stereocenters. The molecule has 0 heterocycles. The van der Waals surface area contributed by atoms with Gasteiger partial charge in [-0.25, -0.2) is 9.59 Å². The van der Waals surface area contributed by atoms with Crippen LogP contribution in [-0.4, -0.2) is 22.3 Å². The van der Waals surface area contributed by atoms with Crippen LogP contribution in [0.25, 0.3) is 10.8 Å². The summed E-state index contributed by atoms with van der Waals surface area (Å²) in [5.41, 5.74) is 0.820. The number of allylic oxidation sites excluding steroid dienone is 1. The van der Waals surface area contributed by atoms with Crippen molar-refractivity contribution in [2.24, 2.45) is 5.41 Å². The maximum Gasteiger partial charge on any atom is 0.412 e. The van der Waals surface area contributed by atoms with E-state index in [9.17, 15) is 14.7 Å². The number of hydrogen-bond donors (Lipinski definition) is 3. The third-order valence-corrected chi connectivity index (χ3v) is 5.99. The van der Waals surface area contributed by atoms with Crippen molar-refractivity contribution in [2.75, 3.05) is 5.32 Å². The van der Waals surface area contributed by atoms with Crippen LogP contribution in [0.4, 0.5) is 10.5 Å². The number of hydrogen-bond acceptors (Lipinski definition) is 4. The minimum Gasteiger partial charge on any atom is -0.507 e. The number of phenolic OH excluding ortho intramolecular Hbond substituents is 1. The van der Waals surface area contributed by atoms with Crippen LogP contribution in [0.2, 0.25) is 0 Å². The summed E-state index contributed by atoms with van der Waals surface area (Å²) in [4.78, 5) is 23.7. The number of aliphatic carboxylic acids is 1. The Labute approximate surface area is 201 Å². The number of carboxylic acids is 1. The van der Waals surface area contributed by atoms with Crippen LogP contribution >= 0.6 is 15.9 Å². The molecule has 0 bridgehead atoms. The molecule has 0 unspecified atom stereocenters. The zero-order valence-corrected chi connectivity index (χ0v) is 20.0. The second-order valence-corrected chi connectivity index (χ2v) is 9.32. The number of carbonyl (C=O) groups is 2. The predicted molar refractivity (Wildman–Crippen MR) is 132 cm³/mol. The van der Waals surface area contributed by atoms with Gasteiger partial charge in [-0.15, -0.1) is 0 Å². The normalized spacial score (nSPS) is 12.6. The van der Waals surface area contributed by atoms with Crippen molar-refractivity contribution >= 4 is 44.5 Å². The predicted octanol–water partition coefficient (Wildman–Crippen LogP) is 7.04. The average Bonchev–Trinajstić information content (AvgIpc) is 2.77. The smallest absolute Gasteiger partial charge is 0.412 e. The first kappa shape index (κ1) is 24.3. The van der Waals surface area contributed by atoms with Crippen LogP contribution in [0.5, 0.6) is 5.75 Å². The van der Waals surface area contributed by atoms with E-state index in [1.807, 2.05) is 50.2 Å². The van der Waals surface area contributed by atoms with Gasteiger partial charge in [0.1, 0.15) is 11.9 Å². The number of anilines is 1. The largest absolute Gasteiger partial charge is 0.507 e. The summed E-state index contributed by atoms with van der Waals surface area (Å²) < 4.78 is 6.87. The molecule has 3 rings (SSSR count). The summed E-state index contributed by atoms with van der Waals surface area (Å²) >= 11 is 3.37. The van der Waals surface area contributed by atoms with Gasteiger partial charge in [0.15, 0.2) is 0 Å². The van der Waals surface area contributed by atoms with E-state index in [-0.39, 0.29) is 5.75 Å². The number of amides is 1. The van der Waals surface area contributed by atoms with Gasteiger partial charge in [0.2, 0.25) is 0 Å². The molecule has 0 aliphatic carbocycles. The summed E-state index contributed by atoms with van der Waals surface area (Å²) in [6.45, 7) is 3.95. The third kappa shape index (κ3) is 6.35. The van der Waals surface area contributed by atoms with E-state index >= 15 is 0 Å². The first-order valence-electron chi connectivity index (χ1n) is 10.5. The maximum absolute atomic E-state index is 12.9. The summed E-state index contributed by atoms with van der Waals surface area (Å²) in [5.74, 6) is -0.853. The molecule has 172 valence electrons. The molecule has 3 aromatic carbocycles. The molecule has 0 aliphatic rings. The Morgan fingerprint density at radius 3 is 2.39 bits per heavy atom. The Morgan fingerprint density at radius 1 is 1.06 bits per heavy atom. The summed E-state index contributed by atoms with van der Waals surface area (Å²) in [5, 5.41) is 23.4. The topological polar surface area (TPSA) is 95.9 Å². The molecule has 1 amide bonds. The first-order valence-corrected chi connectivity index (χ1v) is 11.3. The second kappa shape index (κ2) is 10.5. The zero-order chi connectivity index (χ0) is 24.0. The molecular formula is C26H26BrNO5. The maximum atomic E-state index is 12.9. The van der Waals surface area contributed by atoms with Crippen molar-refractivity contribution < 1.29 is 24.5 Å². The minimum absolute atomic E-state index is 0.148. The lowest BCUT2D eigenvalue weighted by molar-refractivity contribution is -0.131. The zero-order valence-electron chi connectivity index (χ0n) is 18.4. The average molecular weight is 512 g/mol. The number of phenols is 1. The van der Waals surface area contributed by atoms with E-state index in [0.717, 1.165) is 21.5 Å². The van der Waals surface area contributed by atoms with Crippen LogP contribution in [0.3, 0.4) is 0 Å². The van der Waals surface area contributed by atoms with E-state index in [0.29, 0.717) is 23.9 Å². The fourth-order valence-corrected chi connectivity index (χ4v) is 4.00. The Bertz CT molecular complexity index is 1170. The fourth-order valence-electron chi connectivity index (χ4n) is 3.74. The lowest BCUT2D eigenvalue weighted by Crippen LogP contribution is -2.29. The van der Waals surface area contributed by atoms with Gasteiger partial charge in [0.05, 0.1) is 0 Å². The van der Waals surface area contributed by atoms with Crippen molar-refractivity contribution in [3.05, 3.63) is 82.9 Å². The Morgan fingerprint density at radius 2 is 1.73 bits per heavy atom. The number of carboxylic acid groups (broad SMARTS) is 1. The number of ether oxygens (including phenoxy) is 1. The Balaban J connectivity index is 1.94. The van der Waals surface area contributed by atoms with Crippen LogP contribution < -0.4 is 5.32 Å². The molecule has 33 heavy (non-hydrogen) atoms. The molecule has 0 aromatic heterocycles. The quantitative estimate of drug-likeness (QED) is 0.281. The third-order valence-electron chi connectivity index (χ3n) is 5.46. The standard InChI is InChI=1S/C26H26BrNO5/c1-26(2,16-6-5-9-23(30)31)24(33-25(32)28-18-12-10-17(27)11-13-18)21-14-15-22(29)20-8-4-3-7-19(20)21/h3-5,7-15,24,29H,6,16H2,1-2H3,(H,28,32)(H,30,31)/b9-5+/t24-/m1/s1. The summed E-state index contributed by atoms with van der Waals surface area (Å²) in [6.07, 6.45) is 2.52. The van der Waals surface area contributed by atoms with E-state index in [1.54, 1.807) is 30.3 Å². The van der Waals surface area contributed by atoms with E-state index in [2.05, 4.69) is 21.2 Å². The molecule has 3 N–H and O–H groups in total. The number of aromatic hydroxyl groups is 1. The summed E-state index contributed by atoms with van der Waals surface area (Å²) in [6, 6.07) is 17.9. The van der Waals surface area contributed by atoms with Crippen molar-refractivity contribution in [2.45, 2.75) is 32.8 Å². The number of fused-ring (bicyclic) bond motifs is 1. The molecule has 0 spiro atoms. The van der Waals surface area contributed by atoms with Gasteiger partial charge in [-0.2, -0.15) is 0 Å². The molecule has 3 aromatic rings. The SMILES string of the molecule is CC(C)(CC/C=C/C(=O)O)[C@H](OC(=O)Nc1ccc(Br)cc1)c1ccc(O)c2ccccc12. The number of carbonyl (C=O) groups excluding carboxylic acids is 1. The van der Waals surface area contributed by atoms with Gasteiger partial charge in [-0.1, -0.05) is 66.2 Å². The highest BCUT2D eigenvalue weighted by Crippen LogP contribution is 2.44. The number of benzene rings is 3. The molecule has 0 aliphatic heterocycles. The molecule has 0 fully saturated rings. The molecule has 0 saturated heterocycles. The molecule has 0 radical (unpaired) electrons. The molecule has 0 saturated carbocycles. The van der Waals surface area contributed by atoms with E-state index in [4.69, 9.17) is 9.84 Å². The van der Waals surface area contributed by atoms with E-state index < -0.39 is 23.6 Å². The Kier molecular flexibility index (Phi) is 7.76. The molecular weight excluding hydrogens is 486 g/mol. The number of halogens is 1. The highest BCUT2D eigenvalue weighted by atomic mass is 79.9. The summed E-state index contributed by atoms with van der Waals surface area (Å²) in [7, 11) is 0. The molecule has 7 heteroatoms. The van der Waals surface area contributed by atoms with Crippen LogP contribution in [-0.2, 0) is 9.53 Å². The van der Waals surface area contributed by atoms with Crippen LogP contribution in [0, 0.1) is 5.41 Å². The van der Waals surface area contributed by atoms with Gasteiger partial charge in [-0.3, -0.25) is 5.32 Å². The van der Waals surface area contributed by atoms with Gasteiger partial charge in [-0.05, 0) is 48.6 Å². The molecule has 6 nitrogen and oxygen atoms in total. The van der Waals surface area contributed by atoms with Crippen LogP contribution in [0.1, 0.15) is 38.4 Å². The van der Waals surface area contributed by atoms with Crippen molar-refractivity contribution in [1.82, 2.24) is 0 Å². The highest BCUT2D eigenvalue weighted by Gasteiger charge is 2.35. The Hall–Kier alpha value is -3.32. The van der Waals surface area contributed by atoms with Gasteiger partial charge >= 0.3 is 12.1 Å². The highest BCUT2D eigenvalue weighted by molar-refractivity contribution is 9.10. The number of rotatable bonds is 8. The number of nitrogens with one attached hydrogen (secondary N) is 1. The second-order valence-electron chi connectivity index (χ2n) is 8.40. The van der Waals surface area contributed by atoms with Gasteiger partial charge < -0.3 is 14.9 Å². The lowest BCUT2D eigenvalue weighted by atomic mass is 9.77. The van der Waals surface area contributed by atoms with Crippen molar-refractivity contribution in [1.29, 1.82) is 0 Å². The minimum atomic E-state index is -1.00. The van der Waals surface area contributed by atoms with Crippen molar-refractivity contribution in [3.8, 4) is 5.75 Å². The fraction of sp³-hybridized carbons (Fsp3) is 0.231. The van der Waals surface area contributed by atoms with E-state index in [1.165, 1.54) is 0 Å². The van der Waals surface area contributed by atoms with Gasteiger partial charge in [0.25, 0.3) is 0 Å².